The smallest absolute Gasteiger partial charge is 0.255 e. The Labute approximate surface area is 139 Å². The Morgan fingerprint density at radius 2 is 1.87 bits per heavy atom. The zero-order valence-electron chi connectivity index (χ0n) is 12.8. The first-order valence-corrected chi connectivity index (χ1v) is 7.52. The molecule has 3 aromatic rings. The van der Waals surface area contributed by atoms with E-state index in [0.717, 1.165) is 17.0 Å². The van der Waals surface area contributed by atoms with Gasteiger partial charge in [0.05, 0.1) is 5.69 Å². The van der Waals surface area contributed by atoms with E-state index in [1.54, 1.807) is 24.3 Å². The van der Waals surface area contributed by atoms with Gasteiger partial charge in [-0.25, -0.2) is 4.98 Å². The molecule has 23 heavy (non-hydrogen) atoms. The van der Waals surface area contributed by atoms with Crippen LogP contribution in [0, 0.1) is 13.8 Å². The van der Waals surface area contributed by atoms with E-state index in [1.807, 2.05) is 38.1 Å². The maximum Gasteiger partial charge on any atom is 0.255 e. The van der Waals surface area contributed by atoms with Crippen LogP contribution >= 0.6 is 11.6 Å². The molecule has 0 atom stereocenters. The third kappa shape index (κ3) is 3.43. The molecule has 0 bridgehead atoms. The van der Waals surface area contributed by atoms with Crippen molar-refractivity contribution >= 4 is 23.2 Å². The summed E-state index contributed by atoms with van der Waals surface area (Å²) in [4.78, 5) is 16.6. The summed E-state index contributed by atoms with van der Waals surface area (Å²) in [5, 5.41) is 3.45. The average molecular weight is 327 g/mol. The largest absolute Gasteiger partial charge is 0.441 e. The van der Waals surface area contributed by atoms with Crippen LogP contribution in [0.2, 0.25) is 5.02 Å². The van der Waals surface area contributed by atoms with Gasteiger partial charge in [-0.05, 0) is 56.3 Å². The number of rotatable bonds is 3. The molecule has 0 aliphatic rings. The molecule has 116 valence electrons. The molecule has 1 N–H and O–H groups in total. The van der Waals surface area contributed by atoms with Gasteiger partial charge in [-0.2, -0.15) is 0 Å². The predicted octanol–water partition coefficient (Wildman–Crippen LogP) is 4.86. The van der Waals surface area contributed by atoms with E-state index in [9.17, 15) is 4.79 Å². The van der Waals surface area contributed by atoms with E-state index in [4.69, 9.17) is 16.0 Å². The van der Waals surface area contributed by atoms with Crippen molar-refractivity contribution in [1.29, 1.82) is 0 Å². The summed E-state index contributed by atoms with van der Waals surface area (Å²) < 4.78 is 5.62. The molecule has 2 aromatic carbocycles. The van der Waals surface area contributed by atoms with E-state index >= 15 is 0 Å². The summed E-state index contributed by atoms with van der Waals surface area (Å²) in [6, 6.07) is 14.1. The fourth-order valence-electron chi connectivity index (χ4n) is 2.13. The Balaban J connectivity index is 1.82. The summed E-state index contributed by atoms with van der Waals surface area (Å²) in [6.07, 6.45) is 0. The van der Waals surface area contributed by atoms with Gasteiger partial charge in [-0.1, -0.05) is 17.7 Å². The van der Waals surface area contributed by atoms with Crippen LogP contribution in [0.25, 0.3) is 11.5 Å². The molecular formula is C18H15ClN2O2. The highest BCUT2D eigenvalue weighted by Crippen LogP contribution is 2.24. The SMILES string of the molecule is Cc1nc(-c2cccc(NC(=O)c3ccc(Cl)cc3)c2)oc1C. The van der Waals surface area contributed by atoms with Crippen LogP contribution in [0.3, 0.4) is 0 Å². The number of nitrogens with one attached hydrogen (secondary N) is 1. The first-order valence-electron chi connectivity index (χ1n) is 7.14. The van der Waals surface area contributed by atoms with Crippen LogP contribution in [-0.2, 0) is 0 Å². The Morgan fingerprint density at radius 1 is 1.13 bits per heavy atom. The standard InChI is InChI=1S/C18H15ClN2O2/c1-11-12(2)23-18(20-11)14-4-3-5-16(10-14)21-17(22)13-6-8-15(19)9-7-13/h3-10H,1-2H3,(H,21,22). The van der Waals surface area contributed by atoms with Gasteiger partial charge in [0.1, 0.15) is 5.76 Å². The molecule has 0 spiro atoms. The van der Waals surface area contributed by atoms with Crippen molar-refractivity contribution in [2.45, 2.75) is 13.8 Å². The summed E-state index contributed by atoms with van der Waals surface area (Å²) in [7, 11) is 0. The molecule has 1 amide bonds. The lowest BCUT2D eigenvalue weighted by atomic mass is 10.1. The first kappa shape index (κ1) is 15.3. The molecule has 0 radical (unpaired) electrons. The van der Waals surface area contributed by atoms with Gasteiger partial charge in [0.25, 0.3) is 5.91 Å². The molecule has 0 unspecified atom stereocenters. The van der Waals surface area contributed by atoms with E-state index in [0.29, 0.717) is 22.2 Å². The highest BCUT2D eigenvalue weighted by molar-refractivity contribution is 6.30. The topological polar surface area (TPSA) is 55.1 Å². The number of oxazole rings is 1. The van der Waals surface area contributed by atoms with Gasteiger partial charge in [0.15, 0.2) is 0 Å². The number of carbonyl (C=O) groups is 1. The van der Waals surface area contributed by atoms with Gasteiger partial charge in [-0.15, -0.1) is 0 Å². The summed E-state index contributed by atoms with van der Waals surface area (Å²) in [5.74, 6) is 1.14. The monoisotopic (exact) mass is 326 g/mol. The number of halogens is 1. The fourth-order valence-corrected chi connectivity index (χ4v) is 2.26. The minimum absolute atomic E-state index is 0.196. The van der Waals surface area contributed by atoms with E-state index in [1.165, 1.54) is 0 Å². The van der Waals surface area contributed by atoms with Gasteiger partial charge in [-0.3, -0.25) is 4.79 Å². The molecule has 1 aromatic heterocycles. The number of aryl methyl sites for hydroxylation is 2. The molecule has 0 saturated carbocycles. The van der Waals surface area contributed by atoms with Gasteiger partial charge in [0.2, 0.25) is 5.89 Å². The maximum atomic E-state index is 12.2. The lowest BCUT2D eigenvalue weighted by molar-refractivity contribution is 0.102. The van der Waals surface area contributed by atoms with Crippen molar-refractivity contribution in [2.75, 3.05) is 5.32 Å². The predicted molar refractivity (Wildman–Crippen MR) is 90.8 cm³/mol. The molecule has 0 saturated heterocycles. The molecule has 4 nitrogen and oxygen atoms in total. The van der Waals surface area contributed by atoms with Crippen molar-refractivity contribution in [3.8, 4) is 11.5 Å². The zero-order chi connectivity index (χ0) is 16.4. The molecule has 0 aliphatic carbocycles. The normalized spacial score (nSPS) is 10.6. The highest BCUT2D eigenvalue weighted by atomic mass is 35.5. The summed E-state index contributed by atoms with van der Waals surface area (Å²) in [6.45, 7) is 3.77. The second-order valence-electron chi connectivity index (χ2n) is 5.20. The minimum atomic E-state index is -0.196. The molecule has 0 aliphatic heterocycles. The quantitative estimate of drug-likeness (QED) is 0.747. The molecule has 1 heterocycles. The van der Waals surface area contributed by atoms with Crippen LogP contribution < -0.4 is 5.32 Å². The number of benzene rings is 2. The van der Waals surface area contributed by atoms with Crippen LogP contribution in [0.5, 0.6) is 0 Å². The Bertz CT molecular complexity index is 834. The molecular weight excluding hydrogens is 312 g/mol. The van der Waals surface area contributed by atoms with Crippen LogP contribution in [0.1, 0.15) is 21.8 Å². The molecule has 0 fully saturated rings. The zero-order valence-corrected chi connectivity index (χ0v) is 13.5. The van der Waals surface area contributed by atoms with E-state index < -0.39 is 0 Å². The van der Waals surface area contributed by atoms with Crippen LogP contribution in [-0.4, -0.2) is 10.9 Å². The Hall–Kier alpha value is -2.59. The van der Waals surface area contributed by atoms with E-state index in [-0.39, 0.29) is 5.91 Å². The lowest BCUT2D eigenvalue weighted by Gasteiger charge is -2.06. The van der Waals surface area contributed by atoms with Crippen LogP contribution in [0.4, 0.5) is 5.69 Å². The third-order valence-electron chi connectivity index (χ3n) is 3.50. The number of nitrogens with zero attached hydrogens (tertiary/aromatic N) is 1. The number of amides is 1. The molecule has 5 heteroatoms. The second-order valence-corrected chi connectivity index (χ2v) is 5.64. The maximum absolute atomic E-state index is 12.2. The van der Waals surface area contributed by atoms with Crippen molar-refractivity contribution in [3.63, 3.8) is 0 Å². The molecule has 3 rings (SSSR count). The van der Waals surface area contributed by atoms with E-state index in [2.05, 4.69) is 10.3 Å². The van der Waals surface area contributed by atoms with Crippen molar-refractivity contribution in [1.82, 2.24) is 4.98 Å². The lowest BCUT2D eigenvalue weighted by Crippen LogP contribution is -2.11. The number of hydrogen-bond acceptors (Lipinski definition) is 3. The fraction of sp³-hybridized carbons (Fsp3) is 0.111. The average Bonchev–Trinajstić information content (AvgIpc) is 2.88. The Kier molecular flexibility index (Phi) is 4.17. The Morgan fingerprint density at radius 3 is 2.52 bits per heavy atom. The first-order chi connectivity index (χ1) is 11.0. The number of carbonyl (C=O) groups excluding carboxylic acids is 1. The minimum Gasteiger partial charge on any atom is -0.441 e. The number of aromatic nitrogens is 1. The summed E-state index contributed by atoms with van der Waals surface area (Å²) in [5.41, 5.74) is 2.89. The van der Waals surface area contributed by atoms with Crippen molar-refractivity contribution < 1.29 is 9.21 Å². The van der Waals surface area contributed by atoms with Gasteiger partial charge >= 0.3 is 0 Å². The van der Waals surface area contributed by atoms with Crippen molar-refractivity contribution in [2.24, 2.45) is 0 Å². The second kappa shape index (κ2) is 6.26. The van der Waals surface area contributed by atoms with Crippen LogP contribution in [0.15, 0.2) is 52.9 Å². The number of anilines is 1. The number of hydrogen-bond donors (Lipinski definition) is 1. The van der Waals surface area contributed by atoms with Gasteiger partial charge < -0.3 is 9.73 Å². The third-order valence-corrected chi connectivity index (χ3v) is 3.75. The van der Waals surface area contributed by atoms with Gasteiger partial charge in [0, 0.05) is 21.8 Å². The summed E-state index contributed by atoms with van der Waals surface area (Å²) >= 11 is 5.83. The highest BCUT2D eigenvalue weighted by Gasteiger charge is 2.10. The van der Waals surface area contributed by atoms with Crippen molar-refractivity contribution in [3.05, 3.63) is 70.6 Å².